The van der Waals surface area contributed by atoms with Gasteiger partial charge in [-0.2, -0.15) is 0 Å². The average Bonchev–Trinajstić information content (AvgIpc) is 2.26. The van der Waals surface area contributed by atoms with E-state index in [1.807, 2.05) is 14.1 Å². The lowest BCUT2D eigenvalue weighted by atomic mass is 9.96. The number of nitrogens with two attached hydrogens (primary N) is 1. The molecule has 0 saturated carbocycles. The van der Waals surface area contributed by atoms with Crippen LogP contribution in [0.4, 0.5) is 0 Å². The summed E-state index contributed by atoms with van der Waals surface area (Å²) in [5.41, 5.74) is 5.79. The van der Waals surface area contributed by atoms with Crippen molar-refractivity contribution in [2.75, 3.05) is 27.2 Å². The molecule has 1 heterocycles. The standard InChI is InChI=1S/C12H25N3O/c1-10-5-4-6-11(9-13)15(10)8-7-12(16)14(2)3/h10-11H,4-9,13H2,1-3H3. The molecule has 1 amide bonds. The van der Waals surface area contributed by atoms with Crippen LogP contribution in [0, 0.1) is 0 Å². The van der Waals surface area contributed by atoms with Gasteiger partial charge in [-0.05, 0) is 19.8 Å². The van der Waals surface area contributed by atoms with E-state index in [1.54, 1.807) is 4.90 Å². The maximum atomic E-state index is 11.6. The molecule has 2 N–H and O–H groups in total. The number of hydrogen-bond donors (Lipinski definition) is 1. The molecule has 0 aromatic rings. The van der Waals surface area contributed by atoms with E-state index in [0.717, 1.165) is 6.54 Å². The molecule has 1 rings (SSSR count). The predicted molar refractivity (Wildman–Crippen MR) is 66.2 cm³/mol. The number of likely N-dealkylation sites (tertiary alicyclic amines) is 1. The Hall–Kier alpha value is -0.610. The van der Waals surface area contributed by atoms with Crippen LogP contribution in [0.15, 0.2) is 0 Å². The molecule has 2 unspecified atom stereocenters. The third-order valence-corrected chi connectivity index (χ3v) is 3.55. The van der Waals surface area contributed by atoms with E-state index < -0.39 is 0 Å². The van der Waals surface area contributed by atoms with Crippen LogP contribution in [0.3, 0.4) is 0 Å². The quantitative estimate of drug-likeness (QED) is 0.768. The Morgan fingerprint density at radius 1 is 1.44 bits per heavy atom. The predicted octanol–water partition coefficient (Wildman–Crippen LogP) is 0.666. The topological polar surface area (TPSA) is 49.6 Å². The van der Waals surface area contributed by atoms with Gasteiger partial charge in [-0.3, -0.25) is 9.69 Å². The number of hydrogen-bond acceptors (Lipinski definition) is 3. The van der Waals surface area contributed by atoms with Crippen LogP contribution in [0.5, 0.6) is 0 Å². The second kappa shape index (κ2) is 6.21. The van der Waals surface area contributed by atoms with E-state index in [2.05, 4.69) is 11.8 Å². The highest BCUT2D eigenvalue weighted by atomic mass is 16.2. The maximum absolute atomic E-state index is 11.6. The van der Waals surface area contributed by atoms with Gasteiger partial charge < -0.3 is 10.6 Å². The minimum absolute atomic E-state index is 0.202. The summed E-state index contributed by atoms with van der Waals surface area (Å²) in [6.07, 6.45) is 4.28. The van der Waals surface area contributed by atoms with Crippen molar-refractivity contribution in [1.82, 2.24) is 9.80 Å². The summed E-state index contributed by atoms with van der Waals surface area (Å²) in [6, 6.07) is 1.04. The zero-order valence-corrected chi connectivity index (χ0v) is 10.8. The molecule has 16 heavy (non-hydrogen) atoms. The van der Waals surface area contributed by atoms with Gasteiger partial charge in [0.15, 0.2) is 0 Å². The zero-order chi connectivity index (χ0) is 12.1. The second-order valence-electron chi connectivity index (χ2n) is 4.95. The smallest absolute Gasteiger partial charge is 0.223 e. The zero-order valence-electron chi connectivity index (χ0n) is 10.8. The Kier molecular flexibility index (Phi) is 5.22. The lowest BCUT2D eigenvalue weighted by Gasteiger charge is -2.40. The summed E-state index contributed by atoms with van der Waals surface area (Å²) in [7, 11) is 3.62. The summed E-state index contributed by atoms with van der Waals surface area (Å²) in [4.78, 5) is 15.6. The van der Waals surface area contributed by atoms with E-state index in [9.17, 15) is 4.79 Å². The molecular weight excluding hydrogens is 202 g/mol. The maximum Gasteiger partial charge on any atom is 0.223 e. The molecule has 0 radical (unpaired) electrons. The van der Waals surface area contributed by atoms with Gasteiger partial charge in [-0.1, -0.05) is 6.42 Å². The highest BCUT2D eigenvalue weighted by Crippen LogP contribution is 2.22. The number of amides is 1. The monoisotopic (exact) mass is 227 g/mol. The Bertz CT molecular complexity index is 230. The Labute approximate surface area is 98.8 Å². The van der Waals surface area contributed by atoms with Gasteiger partial charge in [-0.15, -0.1) is 0 Å². The average molecular weight is 227 g/mol. The molecule has 0 aromatic carbocycles. The first-order valence-corrected chi connectivity index (χ1v) is 6.22. The molecule has 4 nitrogen and oxygen atoms in total. The van der Waals surface area contributed by atoms with Crippen molar-refractivity contribution in [2.45, 2.75) is 44.7 Å². The van der Waals surface area contributed by atoms with Crippen LogP contribution in [0.25, 0.3) is 0 Å². The van der Waals surface area contributed by atoms with Crippen molar-refractivity contribution >= 4 is 5.91 Å². The highest BCUT2D eigenvalue weighted by Gasteiger charge is 2.26. The molecule has 4 heteroatoms. The number of nitrogens with zero attached hydrogens (tertiary/aromatic N) is 2. The molecule has 0 aromatic heterocycles. The first-order valence-electron chi connectivity index (χ1n) is 6.22. The molecule has 1 aliphatic heterocycles. The van der Waals surface area contributed by atoms with Crippen molar-refractivity contribution < 1.29 is 4.79 Å². The van der Waals surface area contributed by atoms with Crippen molar-refractivity contribution in [1.29, 1.82) is 0 Å². The number of piperidine rings is 1. The second-order valence-corrected chi connectivity index (χ2v) is 4.95. The normalized spacial score (nSPS) is 26.8. The molecule has 1 saturated heterocycles. The highest BCUT2D eigenvalue weighted by molar-refractivity contribution is 5.75. The van der Waals surface area contributed by atoms with Crippen LogP contribution in [0.1, 0.15) is 32.6 Å². The van der Waals surface area contributed by atoms with Crippen molar-refractivity contribution in [3.05, 3.63) is 0 Å². The minimum atomic E-state index is 0.202. The lowest BCUT2D eigenvalue weighted by molar-refractivity contribution is -0.129. The van der Waals surface area contributed by atoms with Gasteiger partial charge in [0, 0.05) is 45.7 Å². The molecular formula is C12H25N3O. The van der Waals surface area contributed by atoms with Gasteiger partial charge >= 0.3 is 0 Å². The van der Waals surface area contributed by atoms with Gasteiger partial charge in [-0.25, -0.2) is 0 Å². The van der Waals surface area contributed by atoms with Crippen molar-refractivity contribution in [3.8, 4) is 0 Å². The van der Waals surface area contributed by atoms with Crippen LogP contribution in [-0.2, 0) is 4.79 Å². The summed E-state index contributed by atoms with van der Waals surface area (Å²) in [6.45, 7) is 3.79. The van der Waals surface area contributed by atoms with Crippen LogP contribution >= 0.6 is 0 Å². The molecule has 1 fully saturated rings. The number of carbonyl (C=O) groups is 1. The fourth-order valence-electron chi connectivity index (χ4n) is 2.44. The van der Waals surface area contributed by atoms with E-state index in [4.69, 9.17) is 5.73 Å². The van der Waals surface area contributed by atoms with Gasteiger partial charge in [0.25, 0.3) is 0 Å². The Balaban J connectivity index is 2.45. The van der Waals surface area contributed by atoms with Gasteiger partial charge in [0.05, 0.1) is 0 Å². The van der Waals surface area contributed by atoms with Gasteiger partial charge in [0.2, 0.25) is 5.91 Å². The largest absolute Gasteiger partial charge is 0.349 e. The molecule has 0 bridgehead atoms. The number of carbonyl (C=O) groups excluding carboxylic acids is 1. The fourth-order valence-corrected chi connectivity index (χ4v) is 2.44. The Morgan fingerprint density at radius 2 is 2.12 bits per heavy atom. The van der Waals surface area contributed by atoms with Crippen LogP contribution < -0.4 is 5.73 Å². The first kappa shape index (κ1) is 13.5. The summed E-state index contributed by atoms with van der Waals surface area (Å²) in [5, 5.41) is 0. The number of rotatable bonds is 4. The van der Waals surface area contributed by atoms with Gasteiger partial charge in [0.1, 0.15) is 0 Å². The summed E-state index contributed by atoms with van der Waals surface area (Å²) < 4.78 is 0. The minimum Gasteiger partial charge on any atom is -0.349 e. The van der Waals surface area contributed by atoms with Crippen LogP contribution in [-0.4, -0.2) is 55.0 Å². The third-order valence-electron chi connectivity index (χ3n) is 3.55. The summed E-state index contributed by atoms with van der Waals surface area (Å²) >= 11 is 0. The third kappa shape index (κ3) is 3.46. The Morgan fingerprint density at radius 3 is 2.69 bits per heavy atom. The van der Waals surface area contributed by atoms with Crippen molar-refractivity contribution in [3.63, 3.8) is 0 Å². The van der Waals surface area contributed by atoms with E-state index in [1.165, 1.54) is 19.3 Å². The first-order chi connectivity index (χ1) is 7.56. The molecule has 0 aliphatic carbocycles. The van der Waals surface area contributed by atoms with Crippen LogP contribution in [0.2, 0.25) is 0 Å². The lowest BCUT2D eigenvalue weighted by Crippen LogP contribution is -2.49. The molecule has 1 aliphatic rings. The fraction of sp³-hybridized carbons (Fsp3) is 0.917. The summed E-state index contributed by atoms with van der Waals surface area (Å²) in [5.74, 6) is 0.202. The SMILES string of the molecule is CC1CCCC(CN)N1CCC(=O)N(C)C. The van der Waals surface area contributed by atoms with E-state index >= 15 is 0 Å². The molecule has 94 valence electrons. The molecule has 2 atom stereocenters. The van der Waals surface area contributed by atoms with E-state index in [0.29, 0.717) is 25.0 Å². The van der Waals surface area contributed by atoms with Crippen molar-refractivity contribution in [2.24, 2.45) is 5.73 Å². The molecule has 0 spiro atoms. The van der Waals surface area contributed by atoms with E-state index in [-0.39, 0.29) is 5.91 Å².